The number of hydrogen-bond acceptors (Lipinski definition) is 2. The molecule has 1 heterocycles. The van der Waals surface area contributed by atoms with Crippen LogP contribution in [0.1, 0.15) is 17.2 Å². The third-order valence-corrected chi connectivity index (χ3v) is 3.00. The van der Waals surface area contributed by atoms with Gasteiger partial charge in [-0.3, -0.25) is 0 Å². The van der Waals surface area contributed by atoms with Crippen LogP contribution in [0.25, 0.3) is 0 Å². The Kier molecular flexibility index (Phi) is 3.01. The van der Waals surface area contributed by atoms with E-state index < -0.39 is 0 Å². The normalized spacial score (nSPS) is 10.2. The van der Waals surface area contributed by atoms with Crippen LogP contribution in [0.3, 0.4) is 0 Å². The molecule has 0 aromatic carbocycles. The number of halogens is 2. The molecule has 0 fully saturated rings. The predicted molar refractivity (Wildman–Crippen MR) is 51.8 cm³/mol. The molecule has 11 heavy (non-hydrogen) atoms. The standard InChI is InChI=1S/C7H8Br2N2/c1-4-7(9)5(2)11-6(3-8)10-4/h3H2,1-2H3. The van der Waals surface area contributed by atoms with E-state index in [2.05, 4.69) is 41.8 Å². The molecule has 0 aliphatic rings. The van der Waals surface area contributed by atoms with E-state index in [1.54, 1.807) is 0 Å². The molecule has 0 radical (unpaired) electrons. The summed E-state index contributed by atoms with van der Waals surface area (Å²) in [6, 6.07) is 0. The molecular weight excluding hydrogens is 272 g/mol. The lowest BCUT2D eigenvalue weighted by molar-refractivity contribution is 0.954. The van der Waals surface area contributed by atoms with Gasteiger partial charge in [0, 0.05) is 0 Å². The van der Waals surface area contributed by atoms with Crippen molar-refractivity contribution in [1.29, 1.82) is 0 Å². The molecule has 2 nitrogen and oxygen atoms in total. The second-order valence-electron chi connectivity index (χ2n) is 2.26. The van der Waals surface area contributed by atoms with E-state index in [1.807, 2.05) is 13.8 Å². The number of aryl methyl sites for hydroxylation is 2. The molecule has 0 bridgehead atoms. The van der Waals surface area contributed by atoms with E-state index in [1.165, 1.54) is 0 Å². The van der Waals surface area contributed by atoms with E-state index in [-0.39, 0.29) is 0 Å². The molecule has 0 N–H and O–H groups in total. The minimum Gasteiger partial charge on any atom is -0.236 e. The Bertz CT molecular complexity index is 250. The van der Waals surface area contributed by atoms with Gasteiger partial charge in [0.2, 0.25) is 0 Å². The summed E-state index contributed by atoms with van der Waals surface area (Å²) in [6.07, 6.45) is 0. The van der Waals surface area contributed by atoms with Gasteiger partial charge in [0.25, 0.3) is 0 Å². The summed E-state index contributed by atoms with van der Waals surface area (Å²) in [5.41, 5.74) is 1.99. The molecule has 0 atom stereocenters. The Labute approximate surface area is 82.7 Å². The van der Waals surface area contributed by atoms with E-state index >= 15 is 0 Å². The monoisotopic (exact) mass is 278 g/mol. The van der Waals surface area contributed by atoms with Crippen LogP contribution in [-0.2, 0) is 5.33 Å². The lowest BCUT2D eigenvalue weighted by atomic mass is 10.3. The zero-order valence-corrected chi connectivity index (χ0v) is 9.53. The highest BCUT2D eigenvalue weighted by atomic mass is 79.9. The number of hydrogen-bond donors (Lipinski definition) is 0. The Balaban J connectivity index is 3.21. The fourth-order valence-corrected chi connectivity index (χ4v) is 1.26. The summed E-state index contributed by atoms with van der Waals surface area (Å²) in [5, 5.41) is 0.710. The molecular formula is C7H8Br2N2. The van der Waals surface area contributed by atoms with Gasteiger partial charge in [0.15, 0.2) is 0 Å². The van der Waals surface area contributed by atoms with Gasteiger partial charge in [-0.1, -0.05) is 15.9 Å². The summed E-state index contributed by atoms with van der Waals surface area (Å²) in [5.74, 6) is 0.836. The fourth-order valence-electron chi connectivity index (χ4n) is 0.832. The molecule has 1 aromatic rings. The third-order valence-electron chi connectivity index (χ3n) is 1.35. The topological polar surface area (TPSA) is 25.8 Å². The maximum Gasteiger partial charge on any atom is 0.139 e. The maximum absolute atomic E-state index is 4.25. The van der Waals surface area contributed by atoms with Crippen LogP contribution in [0.5, 0.6) is 0 Å². The molecule has 0 unspecified atom stereocenters. The SMILES string of the molecule is Cc1nc(CBr)nc(C)c1Br. The van der Waals surface area contributed by atoms with E-state index in [0.717, 1.165) is 21.7 Å². The van der Waals surface area contributed by atoms with Crippen LogP contribution in [0.4, 0.5) is 0 Å². The number of alkyl halides is 1. The molecule has 1 rings (SSSR count). The third kappa shape index (κ3) is 1.99. The fraction of sp³-hybridized carbons (Fsp3) is 0.429. The molecule has 60 valence electrons. The highest BCUT2D eigenvalue weighted by Gasteiger charge is 2.03. The van der Waals surface area contributed by atoms with Crippen molar-refractivity contribution < 1.29 is 0 Å². The average Bonchev–Trinajstić information content (AvgIpc) is 1.99. The van der Waals surface area contributed by atoms with Gasteiger partial charge in [0.05, 0.1) is 21.2 Å². The quantitative estimate of drug-likeness (QED) is 0.739. The summed E-state index contributed by atoms with van der Waals surface area (Å²) < 4.78 is 1.00. The Morgan fingerprint density at radius 3 is 2.00 bits per heavy atom. The van der Waals surface area contributed by atoms with Crippen molar-refractivity contribution in [3.05, 3.63) is 21.7 Å². The maximum atomic E-state index is 4.25. The zero-order chi connectivity index (χ0) is 8.43. The first-order valence-electron chi connectivity index (χ1n) is 3.20. The molecule has 0 amide bonds. The average molecular weight is 280 g/mol. The molecule has 1 aromatic heterocycles. The lowest BCUT2D eigenvalue weighted by Gasteiger charge is -2.02. The van der Waals surface area contributed by atoms with E-state index in [0.29, 0.717) is 5.33 Å². The van der Waals surface area contributed by atoms with Crippen molar-refractivity contribution >= 4 is 31.9 Å². The van der Waals surface area contributed by atoms with Gasteiger partial charge < -0.3 is 0 Å². The van der Waals surface area contributed by atoms with Crippen LogP contribution < -0.4 is 0 Å². The smallest absolute Gasteiger partial charge is 0.139 e. The van der Waals surface area contributed by atoms with Gasteiger partial charge >= 0.3 is 0 Å². The van der Waals surface area contributed by atoms with Crippen molar-refractivity contribution in [2.45, 2.75) is 19.2 Å². The van der Waals surface area contributed by atoms with Gasteiger partial charge in [-0.25, -0.2) is 9.97 Å². The van der Waals surface area contributed by atoms with Crippen LogP contribution >= 0.6 is 31.9 Å². The first-order chi connectivity index (χ1) is 5.15. The molecule has 0 aliphatic carbocycles. The molecule has 0 saturated carbocycles. The van der Waals surface area contributed by atoms with Crippen molar-refractivity contribution in [1.82, 2.24) is 9.97 Å². The summed E-state index contributed by atoms with van der Waals surface area (Å²) in [4.78, 5) is 8.49. The lowest BCUT2D eigenvalue weighted by Crippen LogP contribution is -1.97. The second-order valence-corrected chi connectivity index (χ2v) is 3.61. The Hall–Kier alpha value is 0.0400. The van der Waals surface area contributed by atoms with Crippen LogP contribution in [0.2, 0.25) is 0 Å². The van der Waals surface area contributed by atoms with Crippen LogP contribution in [-0.4, -0.2) is 9.97 Å². The van der Waals surface area contributed by atoms with Crippen LogP contribution in [0.15, 0.2) is 4.47 Å². The second kappa shape index (κ2) is 3.63. The van der Waals surface area contributed by atoms with Crippen molar-refractivity contribution in [3.8, 4) is 0 Å². The summed E-state index contributed by atoms with van der Waals surface area (Å²) >= 11 is 6.71. The van der Waals surface area contributed by atoms with Gasteiger partial charge in [-0.15, -0.1) is 0 Å². The van der Waals surface area contributed by atoms with Crippen LogP contribution in [0, 0.1) is 13.8 Å². The summed E-state index contributed by atoms with van der Waals surface area (Å²) in [7, 11) is 0. The highest BCUT2D eigenvalue weighted by Crippen LogP contribution is 2.17. The largest absolute Gasteiger partial charge is 0.236 e. The Morgan fingerprint density at radius 1 is 1.18 bits per heavy atom. The zero-order valence-electron chi connectivity index (χ0n) is 6.36. The summed E-state index contributed by atoms with van der Waals surface area (Å²) in [6.45, 7) is 3.93. The van der Waals surface area contributed by atoms with E-state index in [9.17, 15) is 0 Å². The molecule has 0 saturated heterocycles. The Morgan fingerprint density at radius 2 is 1.64 bits per heavy atom. The van der Waals surface area contributed by atoms with Crippen molar-refractivity contribution in [2.75, 3.05) is 0 Å². The molecule has 0 spiro atoms. The molecule has 4 heteroatoms. The van der Waals surface area contributed by atoms with Crippen molar-refractivity contribution in [3.63, 3.8) is 0 Å². The predicted octanol–water partition coefficient (Wildman–Crippen LogP) is 2.75. The van der Waals surface area contributed by atoms with Gasteiger partial charge in [-0.05, 0) is 29.8 Å². The van der Waals surface area contributed by atoms with E-state index in [4.69, 9.17) is 0 Å². The van der Waals surface area contributed by atoms with Crippen molar-refractivity contribution in [2.24, 2.45) is 0 Å². The van der Waals surface area contributed by atoms with Gasteiger partial charge in [-0.2, -0.15) is 0 Å². The minimum absolute atomic E-state index is 0.710. The number of rotatable bonds is 1. The molecule has 0 aliphatic heterocycles. The number of aromatic nitrogens is 2. The van der Waals surface area contributed by atoms with Gasteiger partial charge in [0.1, 0.15) is 5.82 Å². The minimum atomic E-state index is 0.710. The number of nitrogens with zero attached hydrogens (tertiary/aromatic N) is 2. The highest BCUT2D eigenvalue weighted by molar-refractivity contribution is 9.10. The first kappa shape index (κ1) is 9.13. The first-order valence-corrected chi connectivity index (χ1v) is 5.12.